The van der Waals surface area contributed by atoms with E-state index in [2.05, 4.69) is 32.4 Å². The summed E-state index contributed by atoms with van der Waals surface area (Å²) in [5.74, 6) is -0.529. The number of hydrogen-bond acceptors (Lipinski definition) is 5. The lowest BCUT2D eigenvalue weighted by Gasteiger charge is -2.10. The Bertz CT molecular complexity index is 904. The maximum Gasteiger partial charge on any atom is 0.261 e. The summed E-state index contributed by atoms with van der Waals surface area (Å²) in [6, 6.07) is 1.86. The number of hydrogen-bond donors (Lipinski definition) is 1. The summed E-state index contributed by atoms with van der Waals surface area (Å²) >= 11 is 0. The van der Waals surface area contributed by atoms with Gasteiger partial charge in [-0.3, -0.25) is 14.5 Å². The van der Waals surface area contributed by atoms with Gasteiger partial charge in [0.15, 0.2) is 11.5 Å². The van der Waals surface area contributed by atoms with E-state index in [1.54, 1.807) is 6.33 Å². The number of carbonyl (C=O) groups excluding carboxylic acids is 1. The maximum atomic E-state index is 12.8. The molecule has 1 atom stereocenters. The number of fused-ring (bicyclic) bond motifs is 3. The summed E-state index contributed by atoms with van der Waals surface area (Å²) in [6.45, 7) is 2.13. The second kappa shape index (κ2) is 5.08. The fourth-order valence-corrected chi connectivity index (χ4v) is 2.97. The van der Waals surface area contributed by atoms with Crippen molar-refractivity contribution in [2.45, 2.75) is 25.7 Å². The van der Waals surface area contributed by atoms with Crippen LogP contribution in [0.25, 0.3) is 5.65 Å². The van der Waals surface area contributed by atoms with Crippen LogP contribution in [0.3, 0.4) is 0 Å². The number of anilines is 1. The Balaban J connectivity index is 1.76. The predicted molar refractivity (Wildman–Crippen MR) is 79.7 cm³/mol. The Labute approximate surface area is 130 Å². The molecule has 3 heterocycles. The molecule has 3 aromatic rings. The number of aromatic nitrogens is 5. The Morgan fingerprint density at radius 3 is 2.96 bits per heavy atom. The Morgan fingerprint density at radius 2 is 2.17 bits per heavy atom. The van der Waals surface area contributed by atoms with E-state index in [9.17, 15) is 9.18 Å². The number of halogens is 1. The lowest BCUT2D eigenvalue weighted by atomic mass is 10.0. The standard InChI is InChI=1S/C15H13FN6O/c1-8-2-3-12-10(8)4-11(13-21-19-7-22(12)13)14(23)20-15-17-5-9(16)6-18-15/h4-8H,2-3H2,1H3,(H,17,18,20,23)/t8-/m0/s1. The first-order chi connectivity index (χ1) is 11.1. The van der Waals surface area contributed by atoms with Crippen LogP contribution < -0.4 is 5.32 Å². The first kappa shape index (κ1) is 13.7. The lowest BCUT2D eigenvalue weighted by molar-refractivity contribution is 0.102. The molecular formula is C15H13FN6O. The Kier molecular flexibility index (Phi) is 3.03. The zero-order valence-corrected chi connectivity index (χ0v) is 12.3. The van der Waals surface area contributed by atoms with E-state index in [4.69, 9.17) is 0 Å². The molecule has 0 unspecified atom stereocenters. The third-order valence-electron chi connectivity index (χ3n) is 4.15. The smallest absolute Gasteiger partial charge is 0.261 e. The molecule has 116 valence electrons. The Morgan fingerprint density at radius 1 is 1.39 bits per heavy atom. The van der Waals surface area contributed by atoms with Crippen molar-refractivity contribution in [2.24, 2.45) is 0 Å². The second-order valence-electron chi connectivity index (χ2n) is 5.60. The molecule has 7 nitrogen and oxygen atoms in total. The van der Waals surface area contributed by atoms with Gasteiger partial charge in [0.25, 0.3) is 5.91 Å². The number of aryl methyl sites for hydroxylation is 1. The first-order valence-electron chi connectivity index (χ1n) is 7.28. The number of pyridine rings is 1. The molecule has 1 aliphatic rings. The van der Waals surface area contributed by atoms with E-state index in [1.807, 2.05) is 10.5 Å². The van der Waals surface area contributed by atoms with Gasteiger partial charge in [-0.1, -0.05) is 6.92 Å². The van der Waals surface area contributed by atoms with Gasteiger partial charge in [0, 0.05) is 5.69 Å². The summed E-state index contributed by atoms with van der Waals surface area (Å²) in [7, 11) is 0. The van der Waals surface area contributed by atoms with Crippen LogP contribution >= 0.6 is 0 Å². The molecule has 0 radical (unpaired) electrons. The molecule has 0 spiro atoms. The normalized spacial score (nSPS) is 16.5. The van der Waals surface area contributed by atoms with Crippen LogP contribution in [0, 0.1) is 5.82 Å². The van der Waals surface area contributed by atoms with Crippen molar-refractivity contribution in [1.82, 2.24) is 24.6 Å². The number of nitrogens with zero attached hydrogens (tertiary/aromatic N) is 5. The zero-order valence-electron chi connectivity index (χ0n) is 12.3. The average molecular weight is 312 g/mol. The minimum Gasteiger partial charge on any atom is -0.290 e. The molecule has 1 amide bonds. The summed E-state index contributed by atoms with van der Waals surface area (Å²) in [5, 5.41) is 10.5. The van der Waals surface area contributed by atoms with Crippen LogP contribution in [-0.4, -0.2) is 30.5 Å². The van der Waals surface area contributed by atoms with Gasteiger partial charge < -0.3 is 0 Å². The summed E-state index contributed by atoms with van der Waals surface area (Å²) in [6.07, 6.45) is 5.60. The minimum atomic E-state index is -0.561. The van der Waals surface area contributed by atoms with Crippen LogP contribution in [-0.2, 0) is 6.42 Å². The summed E-state index contributed by atoms with van der Waals surface area (Å²) in [4.78, 5) is 20.0. The van der Waals surface area contributed by atoms with Crippen molar-refractivity contribution in [3.63, 3.8) is 0 Å². The van der Waals surface area contributed by atoms with Crippen LogP contribution in [0.15, 0.2) is 24.8 Å². The van der Waals surface area contributed by atoms with E-state index in [0.717, 1.165) is 36.5 Å². The number of nitrogens with one attached hydrogen (secondary N) is 1. The zero-order chi connectivity index (χ0) is 16.0. The van der Waals surface area contributed by atoms with Crippen LogP contribution in [0.5, 0.6) is 0 Å². The molecule has 4 rings (SSSR count). The van der Waals surface area contributed by atoms with Crippen LogP contribution in [0.4, 0.5) is 10.3 Å². The fraction of sp³-hybridized carbons (Fsp3) is 0.267. The third-order valence-corrected chi connectivity index (χ3v) is 4.15. The van der Waals surface area contributed by atoms with E-state index < -0.39 is 11.7 Å². The van der Waals surface area contributed by atoms with Gasteiger partial charge in [-0.2, -0.15) is 0 Å². The Hall–Kier alpha value is -2.90. The molecule has 0 aliphatic heterocycles. The van der Waals surface area contributed by atoms with Crippen molar-refractivity contribution in [3.8, 4) is 0 Å². The molecule has 8 heteroatoms. The molecule has 0 bridgehead atoms. The number of carbonyl (C=O) groups is 1. The number of amides is 1. The van der Waals surface area contributed by atoms with Crippen LogP contribution in [0.2, 0.25) is 0 Å². The molecule has 0 fully saturated rings. The molecule has 0 saturated heterocycles. The first-order valence-corrected chi connectivity index (χ1v) is 7.28. The lowest BCUT2D eigenvalue weighted by Crippen LogP contribution is -2.16. The fourth-order valence-electron chi connectivity index (χ4n) is 2.97. The highest BCUT2D eigenvalue weighted by Crippen LogP contribution is 2.34. The molecular weight excluding hydrogens is 299 g/mol. The summed E-state index contributed by atoms with van der Waals surface area (Å²) in [5.41, 5.74) is 3.18. The maximum absolute atomic E-state index is 12.8. The SMILES string of the molecule is C[C@H]1CCc2c1cc(C(=O)Nc1ncc(F)cn1)c1nncn21. The second-order valence-corrected chi connectivity index (χ2v) is 5.60. The highest BCUT2D eigenvalue weighted by molar-refractivity contribution is 6.07. The van der Waals surface area contributed by atoms with E-state index in [-0.39, 0.29) is 5.95 Å². The largest absolute Gasteiger partial charge is 0.290 e. The summed E-state index contributed by atoms with van der Waals surface area (Å²) < 4.78 is 14.7. The van der Waals surface area contributed by atoms with E-state index in [0.29, 0.717) is 17.1 Å². The van der Waals surface area contributed by atoms with E-state index in [1.165, 1.54) is 0 Å². The van der Waals surface area contributed by atoms with Gasteiger partial charge in [-0.15, -0.1) is 10.2 Å². The van der Waals surface area contributed by atoms with Crippen molar-refractivity contribution >= 4 is 17.5 Å². The predicted octanol–water partition coefficient (Wildman–Crippen LogP) is 1.96. The molecule has 1 N–H and O–H groups in total. The van der Waals surface area contributed by atoms with Gasteiger partial charge >= 0.3 is 0 Å². The van der Waals surface area contributed by atoms with Crippen LogP contribution in [0.1, 0.15) is 40.9 Å². The van der Waals surface area contributed by atoms with Crippen molar-refractivity contribution < 1.29 is 9.18 Å². The monoisotopic (exact) mass is 312 g/mol. The van der Waals surface area contributed by atoms with E-state index >= 15 is 0 Å². The van der Waals surface area contributed by atoms with Crippen molar-refractivity contribution in [1.29, 1.82) is 0 Å². The molecule has 0 saturated carbocycles. The molecule has 1 aliphatic carbocycles. The molecule has 0 aromatic carbocycles. The van der Waals surface area contributed by atoms with Crippen molar-refractivity contribution in [3.05, 3.63) is 47.4 Å². The van der Waals surface area contributed by atoms with Gasteiger partial charge in [0.05, 0.1) is 18.0 Å². The van der Waals surface area contributed by atoms with Gasteiger partial charge in [0.2, 0.25) is 5.95 Å². The van der Waals surface area contributed by atoms with Crippen molar-refractivity contribution in [2.75, 3.05) is 5.32 Å². The minimum absolute atomic E-state index is 0.0441. The third kappa shape index (κ3) is 2.23. The average Bonchev–Trinajstić information content (AvgIpc) is 3.15. The molecule has 3 aromatic heterocycles. The quantitative estimate of drug-likeness (QED) is 0.782. The van der Waals surface area contributed by atoms with Gasteiger partial charge in [0.1, 0.15) is 6.33 Å². The van der Waals surface area contributed by atoms with Gasteiger partial charge in [-0.25, -0.2) is 14.4 Å². The highest BCUT2D eigenvalue weighted by atomic mass is 19.1. The highest BCUT2D eigenvalue weighted by Gasteiger charge is 2.25. The topological polar surface area (TPSA) is 85.1 Å². The number of rotatable bonds is 2. The molecule has 23 heavy (non-hydrogen) atoms. The van der Waals surface area contributed by atoms with Gasteiger partial charge in [-0.05, 0) is 30.4 Å².